The maximum Gasteiger partial charge on any atom is 0.514 e. The van der Waals surface area contributed by atoms with Crippen LogP contribution >= 0.6 is 0 Å². The number of hydrogen-bond donors (Lipinski definition) is 0. The maximum absolute atomic E-state index is 12.8. The van der Waals surface area contributed by atoms with Crippen molar-refractivity contribution in [3.63, 3.8) is 0 Å². The van der Waals surface area contributed by atoms with Crippen LogP contribution in [-0.2, 0) is 20.6 Å². The lowest BCUT2D eigenvalue weighted by Gasteiger charge is -2.32. The number of amides is 1. The largest absolute Gasteiger partial charge is 0.514 e. The number of anilines is 1. The number of carbonyl (C=O) groups excluding carboxylic acids is 1. The molecule has 0 N–H and O–H groups in total. The molecule has 0 aromatic carbocycles. The van der Waals surface area contributed by atoms with Gasteiger partial charge in [-0.15, -0.1) is 0 Å². The van der Waals surface area contributed by atoms with Crippen molar-refractivity contribution in [1.29, 1.82) is 0 Å². The highest BCUT2D eigenvalue weighted by molar-refractivity contribution is 6.61. The molecule has 0 atom stereocenters. The summed E-state index contributed by atoms with van der Waals surface area (Å²) in [5.41, 5.74) is 2.29. The Morgan fingerprint density at radius 1 is 1.06 bits per heavy atom. The Morgan fingerprint density at radius 3 is 2.55 bits per heavy atom. The molecule has 0 aliphatic carbocycles. The molecule has 1 amide bonds. The van der Waals surface area contributed by atoms with Gasteiger partial charge in [0.1, 0.15) is 5.65 Å². The van der Waals surface area contributed by atoms with Gasteiger partial charge in [-0.1, -0.05) is 6.07 Å². The van der Waals surface area contributed by atoms with Crippen LogP contribution in [0.25, 0.3) is 5.65 Å². The summed E-state index contributed by atoms with van der Waals surface area (Å²) >= 11 is 0. The average Bonchev–Trinajstić information content (AvgIpc) is 3.15. The van der Waals surface area contributed by atoms with Crippen LogP contribution < -0.4 is 15.2 Å². The van der Waals surface area contributed by atoms with Crippen molar-refractivity contribution in [1.82, 2.24) is 14.4 Å². The van der Waals surface area contributed by atoms with E-state index in [-0.39, 0.29) is 12.5 Å². The van der Waals surface area contributed by atoms with Crippen molar-refractivity contribution in [3.8, 4) is 5.75 Å². The quantitative estimate of drug-likeness (QED) is 0.605. The van der Waals surface area contributed by atoms with Gasteiger partial charge in [0.2, 0.25) is 0 Å². The Morgan fingerprint density at radius 2 is 1.81 bits per heavy atom. The van der Waals surface area contributed by atoms with Crippen molar-refractivity contribution >= 4 is 30.1 Å². The van der Waals surface area contributed by atoms with Gasteiger partial charge in [0, 0.05) is 6.20 Å². The van der Waals surface area contributed by atoms with Crippen LogP contribution in [-0.4, -0.2) is 45.2 Å². The van der Waals surface area contributed by atoms with E-state index in [0.29, 0.717) is 23.7 Å². The van der Waals surface area contributed by atoms with E-state index in [1.165, 1.54) is 0 Å². The third kappa shape index (κ3) is 3.19. The molecule has 0 saturated carbocycles. The smallest absolute Gasteiger partial charge is 0.480 e. The second-order valence-electron chi connectivity index (χ2n) is 8.99. The first kappa shape index (κ1) is 20.0. The average molecular weight is 420 g/mol. The summed E-state index contributed by atoms with van der Waals surface area (Å²) < 4.78 is 19.9. The Kier molecular flexibility index (Phi) is 4.39. The number of imidazole rings is 1. The van der Waals surface area contributed by atoms with Gasteiger partial charge in [0.15, 0.2) is 18.2 Å². The molecular formula is C22H25BN4O4. The fraction of sp³-hybridized carbons (Fsp3) is 0.409. The van der Waals surface area contributed by atoms with Crippen LogP contribution in [0.5, 0.6) is 5.75 Å². The van der Waals surface area contributed by atoms with Crippen LogP contribution in [0.3, 0.4) is 0 Å². The Labute approximate surface area is 181 Å². The number of carbonyl (C=O) groups is 1. The third-order valence-electron chi connectivity index (χ3n) is 6.40. The molecule has 0 bridgehead atoms. The fourth-order valence-electron chi connectivity index (χ4n) is 3.85. The molecule has 8 nitrogen and oxygen atoms in total. The Bertz CT molecular complexity index is 1170. The first-order chi connectivity index (χ1) is 14.7. The summed E-state index contributed by atoms with van der Waals surface area (Å²) in [4.78, 5) is 23.8. The number of fused-ring (bicyclic) bond motifs is 2. The van der Waals surface area contributed by atoms with Crippen molar-refractivity contribution in [2.75, 3.05) is 11.5 Å². The lowest BCUT2D eigenvalue weighted by atomic mass is 9.84. The highest BCUT2D eigenvalue weighted by Crippen LogP contribution is 2.37. The predicted molar refractivity (Wildman–Crippen MR) is 117 cm³/mol. The molecule has 0 unspecified atom stereocenters. The highest BCUT2D eigenvalue weighted by atomic mass is 16.7. The van der Waals surface area contributed by atoms with Gasteiger partial charge in [-0.25, -0.2) is 9.97 Å². The Balaban J connectivity index is 1.52. The van der Waals surface area contributed by atoms with E-state index in [2.05, 4.69) is 4.98 Å². The molecule has 160 valence electrons. The van der Waals surface area contributed by atoms with Gasteiger partial charge in [-0.3, -0.25) is 9.69 Å². The minimum absolute atomic E-state index is 0.0275. The molecule has 5 rings (SSSR count). The van der Waals surface area contributed by atoms with Crippen LogP contribution in [0.2, 0.25) is 0 Å². The van der Waals surface area contributed by atoms with Crippen molar-refractivity contribution in [2.24, 2.45) is 0 Å². The van der Waals surface area contributed by atoms with E-state index in [9.17, 15) is 4.79 Å². The minimum Gasteiger partial charge on any atom is -0.480 e. The molecule has 2 aliphatic rings. The standard InChI is InChI=1S/C22H25BN4O4/c1-14-15(26-11-7-6-8-18(26)24-14)12-27-19(28)13-29-16-9-10-17(25-20(16)27)23-30-21(2,3)22(4,5)31-23/h6-11H,12-13H2,1-5H3. The molecule has 31 heavy (non-hydrogen) atoms. The van der Waals surface area contributed by atoms with Crippen molar-refractivity contribution in [2.45, 2.75) is 52.4 Å². The van der Waals surface area contributed by atoms with Gasteiger partial charge in [-0.2, -0.15) is 0 Å². The van der Waals surface area contributed by atoms with Gasteiger partial charge < -0.3 is 18.4 Å². The van der Waals surface area contributed by atoms with E-state index < -0.39 is 18.3 Å². The molecule has 9 heteroatoms. The van der Waals surface area contributed by atoms with Gasteiger partial charge in [0.05, 0.1) is 34.7 Å². The number of aromatic nitrogens is 3. The van der Waals surface area contributed by atoms with E-state index in [1.54, 1.807) is 4.90 Å². The number of rotatable bonds is 3. The monoisotopic (exact) mass is 420 g/mol. The molecule has 3 aromatic rings. The molecule has 5 heterocycles. The number of nitrogens with zero attached hydrogens (tertiary/aromatic N) is 4. The number of aryl methyl sites for hydroxylation is 1. The normalized spacial score (nSPS) is 19.6. The second-order valence-corrected chi connectivity index (χ2v) is 8.99. The lowest BCUT2D eigenvalue weighted by Crippen LogP contribution is -2.43. The lowest BCUT2D eigenvalue weighted by molar-refractivity contribution is -0.121. The van der Waals surface area contributed by atoms with Crippen LogP contribution in [0, 0.1) is 6.92 Å². The van der Waals surface area contributed by atoms with Crippen molar-refractivity contribution < 1.29 is 18.8 Å². The first-order valence-electron chi connectivity index (χ1n) is 10.4. The van der Waals surface area contributed by atoms with Crippen LogP contribution in [0.15, 0.2) is 36.5 Å². The zero-order valence-corrected chi connectivity index (χ0v) is 18.4. The van der Waals surface area contributed by atoms with Gasteiger partial charge in [0.25, 0.3) is 5.91 Å². The van der Waals surface area contributed by atoms with E-state index in [0.717, 1.165) is 17.0 Å². The van der Waals surface area contributed by atoms with E-state index in [4.69, 9.17) is 19.0 Å². The summed E-state index contributed by atoms with van der Waals surface area (Å²) in [5, 5.41) is 0. The zero-order valence-electron chi connectivity index (χ0n) is 18.4. The van der Waals surface area contributed by atoms with E-state index >= 15 is 0 Å². The van der Waals surface area contributed by atoms with Crippen molar-refractivity contribution in [3.05, 3.63) is 47.9 Å². The molecule has 1 saturated heterocycles. The zero-order chi connectivity index (χ0) is 22.0. The predicted octanol–water partition coefficient (Wildman–Crippen LogP) is 2.26. The number of ether oxygens (including phenoxy) is 1. The molecule has 0 spiro atoms. The van der Waals surface area contributed by atoms with Crippen LogP contribution in [0.1, 0.15) is 39.1 Å². The Hall–Kier alpha value is -2.91. The summed E-state index contributed by atoms with van der Waals surface area (Å²) in [7, 11) is -0.619. The third-order valence-corrected chi connectivity index (χ3v) is 6.40. The van der Waals surface area contributed by atoms with Gasteiger partial charge >= 0.3 is 7.12 Å². The molecular weight excluding hydrogens is 395 g/mol. The summed E-state index contributed by atoms with van der Waals surface area (Å²) in [6.45, 7) is 10.3. The van der Waals surface area contributed by atoms with E-state index in [1.807, 2.05) is 75.5 Å². The molecule has 1 fully saturated rings. The topological polar surface area (TPSA) is 78.2 Å². The highest BCUT2D eigenvalue weighted by Gasteiger charge is 2.52. The molecule has 3 aromatic heterocycles. The molecule has 0 radical (unpaired) electrons. The minimum atomic E-state index is -0.619. The van der Waals surface area contributed by atoms with Gasteiger partial charge in [-0.05, 0) is 58.9 Å². The second kappa shape index (κ2) is 6.80. The SMILES string of the molecule is Cc1nc2ccccn2c1CN1C(=O)COc2ccc(B3OC(C)(C)C(C)(C)O3)nc21. The number of pyridine rings is 2. The fourth-order valence-corrected chi connectivity index (χ4v) is 3.85. The summed E-state index contributed by atoms with van der Waals surface area (Å²) in [6.07, 6.45) is 1.95. The molecule has 2 aliphatic heterocycles. The number of hydrogen-bond acceptors (Lipinski definition) is 6. The van der Waals surface area contributed by atoms with Crippen LogP contribution in [0.4, 0.5) is 5.82 Å². The maximum atomic E-state index is 12.8. The summed E-state index contributed by atoms with van der Waals surface area (Å²) in [5.74, 6) is 0.872. The first-order valence-corrected chi connectivity index (χ1v) is 10.4. The summed E-state index contributed by atoms with van der Waals surface area (Å²) in [6, 6.07) is 9.48.